The summed E-state index contributed by atoms with van der Waals surface area (Å²) >= 11 is 12.8. The number of aromatic nitrogens is 5. The van der Waals surface area contributed by atoms with Crippen LogP contribution in [0.5, 0.6) is 0 Å². The van der Waals surface area contributed by atoms with E-state index >= 15 is 0 Å². The molecule has 0 radical (unpaired) electrons. The van der Waals surface area contributed by atoms with E-state index in [9.17, 15) is 4.79 Å². The molecule has 1 aliphatic heterocycles. The molecular weight excluding hydrogens is 473 g/mol. The molecule has 1 aliphatic carbocycles. The molecule has 4 aromatic rings. The molecule has 1 aromatic carbocycles. The molecule has 2 aliphatic rings. The summed E-state index contributed by atoms with van der Waals surface area (Å²) in [6, 6.07) is 5.61. The zero-order valence-electron chi connectivity index (χ0n) is 18.3. The number of rotatable bonds is 5. The van der Waals surface area contributed by atoms with Crippen molar-refractivity contribution in [2.24, 2.45) is 0 Å². The number of pyridine rings is 1. The fourth-order valence-electron chi connectivity index (χ4n) is 4.59. The molecule has 2 fully saturated rings. The first-order valence-corrected chi connectivity index (χ1v) is 12.2. The molecule has 1 saturated heterocycles. The zero-order valence-corrected chi connectivity index (χ0v) is 19.9. The minimum Gasteiger partial charge on any atom is -0.321 e. The van der Waals surface area contributed by atoms with E-state index < -0.39 is 0 Å². The van der Waals surface area contributed by atoms with Crippen LogP contribution in [0.15, 0.2) is 47.8 Å². The summed E-state index contributed by atoms with van der Waals surface area (Å²) in [5.74, 6) is 0.785. The molecule has 34 heavy (non-hydrogen) atoms. The van der Waals surface area contributed by atoms with Crippen LogP contribution in [0.1, 0.15) is 43.2 Å². The van der Waals surface area contributed by atoms with Gasteiger partial charge in [-0.05, 0) is 62.4 Å². The van der Waals surface area contributed by atoms with Crippen molar-refractivity contribution in [1.29, 1.82) is 0 Å². The predicted octanol–water partition coefficient (Wildman–Crippen LogP) is 4.83. The van der Waals surface area contributed by atoms with Gasteiger partial charge in [0.1, 0.15) is 0 Å². The van der Waals surface area contributed by atoms with Crippen molar-refractivity contribution < 1.29 is 0 Å². The molecule has 0 unspecified atom stereocenters. The molecule has 3 aromatic heterocycles. The third kappa shape index (κ3) is 3.96. The van der Waals surface area contributed by atoms with Gasteiger partial charge >= 0.3 is 0 Å². The Kier molecular flexibility index (Phi) is 5.51. The Morgan fingerprint density at radius 2 is 1.79 bits per heavy atom. The van der Waals surface area contributed by atoms with Crippen LogP contribution in [0.3, 0.4) is 0 Å². The molecule has 174 valence electrons. The Hall–Kier alpha value is -2.94. The summed E-state index contributed by atoms with van der Waals surface area (Å²) in [6.07, 6.45) is 11.4. The van der Waals surface area contributed by atoms with Gasteiger partial charge < -0.3 is 10.6 Å². The second-order valence-electron chi connectivity index (χ2n) is 8.88. The van der Waals surface area contributed by atoms with E-state index in [0.29, 0.717) is 44.5 Å². The average Bonchev–Trinajstić information content (AvgIpc) is 3.59. The quantitative estimate of drug-likeness (QED) is 0.412. The normalized spacial score (nSPS) is 16.8. The van der Waals surface area contributed by atoms with Crippen LogP contribution in [-0.4, -0.2) is 37.4 Å². The van der Waals surface area contributed by atoms with Gasteiger partial charge in [0.15, 0.2) is 0 Å². The Morgan fingerprint density at radius 1 is 1.03 bits per heavy atom. The lowest BCUT2D eigenvalue weighted by Crippen LogP contribution is -2.29. The molecule has 8 nitrogen and oxygen atoms in total. The number of hydrogen-bond acceptors (Lipinski definition) is 6. The van der Waals surface area contributed by atoms with Gasteiger partial charge in [0.05, 0.1) is 44.6 Å². The fraction of sp³-hybridized carbons (Fsp3) is 0.333. The molecule has 0 atom stereocenters. The SMILES string of the molecule is O=c1c2cnc(Nc3cnn(C4CCNCC4)c3)nc2c(C2CC2)cn1-c1c(Cl)cccc1Cl. The van der Waals surface area contributed by atoms with E-state index in [-0.39, 0.29) is 5.56 Å². The zero-order chi connectivity index (χ0) is 23.2. The van der Waals surface area contributed by atoms with Gasteiger partial charge in [-0.2, -0.15) is 5.10 Å². The Morgan fingerprint density at radius 3 is 2.53 bits per heavy atom. The third-order valence-electron chi connectivity index (χ3n) is 6.52. The van der Waals surface area contributed by atoms with Crippen molar-refractivity contribution >= 4 is 45.7 Å². The monoisotopic (exact) mass is 495 g/mol. The van der Waals surface area contributed by atoms with Gasteiger partial charge in [-0.25, -0.2) is 9.97 Å². The van der Waals surface area contributed by atoms with Crippen molar-refractivity contribution in [2.45, 2.75) is 37.6 Å². The van der Waals surface area contributed by atoms with Crippen molar-refractivity contribution in [2.75, 3.05) is 18.4 Å². The highest BCUT2D eigenvalue weighted by Gasteiger charge is 2.29. The smallest absolute Gasteiger partial charge is 0.266 e. The predicted molar refractivity (Wildman–Crippen MR) is 134 cm³/mol. The summed E-state index contributed by atoms with van der Waals surface area (Å²) < 4.78 is 3.53. The molecule has 1 saturated carbocycles. The maximum absolute atomic E-state index is 13.4. The Bertz CT molecular complexity index is 1420. The summed E-state index contributed by atoms with van der Waals surface area (Å²) in [6.45, 7) is 2.00. The van der Waals surface area contributed by atoms with Crippen molar-refractivity contribution in [3.8, 4) is 5.69 Å². The molecular formula is C24H23Cl2N7O. The van der Waals surface area contributed by atoms with Crippen LogP contribution in [0.2, 0.25) is 10.0 Å². The van der Waals surface area contributed by atoms with Gasteiger partial charge in [0.25, 0.3) is 5.56 Å². The number of piperidine rings is 1. The third-order valence-corrected chi connectivity index (χ3v) is 7.13. The molecule has 0 spiro atoms. The highest BCUT2D eigenvalue weighted by Crippen LogP contribution is 2.43. The number of anilines is 2. The van der Waals surface area contributed by atoms with E-state index in [0.717, 1.165) is 50.0 Å². The average molecular weight is 496 g/mol. The maximum atomic E-state index is 13.4. The lowest BCUT2D eigenvalue weighted by Gasteiger charge is -2.22. The second kappa shape index (κ2) is 8.69. The maximum Gasteiger partial charge on any atom is 0.266 e. The van der Waals surface area contributed by atoms with Crippen LogP contribution in [0.4, 0.5) is 11.6 Å². The van der Waals surface area contributed by atoms with Crippen LogP contribution in [-0.2, 0) is 0 Å². The molecule has 0 bridgehead atoms. The second-order valence-corrected chi connectivity index (χ2v) is 9.69. The van der Waals surface area contributed by atoms with Gasteiger partial charge in [0, 0.05) is 18.6 Å². The van der Waals surface area contributed by atoms with Gasteiger partial charge in [-0.15, -0.1) is 0 Å². The first-order valence-electron chi connectivity index (χ1n) is 11.5. The minimum atomic E-state index is -0.250. The number of nitrogens with one attached hydrogen (secondary N) is 2. The van der Waals surface area contributed by atoms with Gasteiger partial charge in [-0.3, -0.25) is 14.0 Å². The molecule has 0 amide bonds. The lowest BCUT2D eigenvalue weighted by atomic mass is 10.1. The van der Waals surface area contributed by atoms with E-state index in [1.165, 1.54) is 4.57 Å². The van der Waals surface area contributed by atoms with Crippen LogP contribution < -0.4 is 16.2 Å². The van der Waals surface area contributed by atoms with Crippen molar-refractivity contribution in [1.82, 2.24) is 29.6 Å². The Balaban J connectivity index is 1.38. The van der Waals surface area contributed by atoms with E-state index in [4.69, 9.17) is 28.2 Å². The Labute approximate surface area is 205 Å². The molecule has 4 heterocycles. The summed E-state index contributed by atoms with van der Waals surface area (Å²) in [5.41, 5.74) is 2.71. The highest BCUT2D eigenvalue weighted by atomic mass is 35.5. The first-order chi connectivity index (χ1) is 16.6. The number of halogens is 2. The number of fused-ring (bicyclic) bond motifs is 1. The van der Waals surface area contributed by atoms with E-state index in [1.54, 1.807) is 30.6 Å². The van der Waals surface area contributed by atoms with Crippen LogP contribution in [0, 0.1) is 0 Å². The summed E-state index contributed by atoms with van der Waals surface area (Å²) in [5, 5.41) is 12.4. The number of para-hydroxylation sites is 1. The molecule has 10 heteroatoms. The standard InChI is InChI=1S/C24H23Cl2N7O/c25-19-2-1-3-20(26)22(19)32-13-18(14-4-5-14)21-17(23(32)34)11-28-24(31-21)30-15-10-29-33(12-15)16-6-8-27-9-7-16/h1-3,10-14,16,27H,4-9H2,(H,28,30,31). The highest BCUT2D eigenvalue weighted by molar-refractivity contribution is 6.37. The van der Waals surface area contributed by atoms with Crippen LogP contribution >= 0.6 is 23.2 Å². The first kappa shape index (κ1) is 21.6. The van der Waals surface area contributed by atoms with E-state index in [2.05, 4.69) is 20.7 Å². The number of hydrogen-bond donors (Lipinski definition) is 2. The number of benzene rings is 1. The largest absolute Gasteiger partial charge is 0.321 e. The van der Waals surface area contributed by atoms with Crippen molar-refractivity contribution in [3.05, 3.63) is 68.9 Å². The van der Waals surface area contributed by atoms with Crippen LogP contribution in [0.25, 0.3) is 16.6 Å². The molecule has 2 N–H and O–H groups in total. The van der Waals surface area contributed by atoms with Gasteiger partial charge in [0.2, 0.25) is 5.95 Å². The topological polar surface area (TPSA) is 89.7 Å². The summed E-state index contributed by atoms with van der Waals surface area (Å²) in [4.78, 5) is 22.6. The molecule has 6 rings (SSSR count). The van der Waals surface area contributed by atoms with Gasteiger partial charge in [-0.1, -0.05) is 29.3 Å². The lowest BCUT2D eigenvalue weighted by molar-refractivity contribution is 0.343. The summed E-state index contributed by atoms with van der Waals surface area (Å²) in [7, 11) is 0. The number of nitrogens with zero attached hydrogens (tertiary/aromatic N) is 5. The van der Waals surface area contributed by atoms with E-state index in [1.807, 2.05) is 17.1 Å². The fourth-order valence-corrected chi connectivity index (χ4v) is 5.17. The minimum absolute atomic E-state index is 0.250. The van der Waals surface area contributed by atoms with Crippen molar-refractivity contribution in [3.63, 3.8) is 0 Å².